The molecule has 2 rings (SSSR count). The van der Waals surface area contributed by atoms with Gasteiger partial charge in [0.05, 0.1) is 6.54 Å². The Bertz CT molecular complexity index is 427. The number of halogens is 1. The van der Waals surface area contributed by atoms with E-state index in [1.165, 1.54) is 32.1 Å². The molecule has 0 unspecified atom stereocenters. The molecular formula is C17H33IN4O2. The van der Waals surface area contributed by atoms with E-state index in [1.807, 2.05) is 20.8 Å². The van der Waals surface area contributed by atoms with E-state index in [0.29, 0.717) is 31.1 Å². The summed E-state index contributed by atoms with van der Waals surface area (Å²) in [6.07, 6.45) is 8.05. The smallest absolute Gasteiger partial charge is 0.410 e. The fourth-order valence-corrected chi connectivity index (χ4v) is 2.91. The van der Waals surface area contributed by atoms with Crippen LogP contribution in [0.1, 0.15) is 65.7 Å². The van der Waals surface area contributed by atoms with Crippen molar-refractivity contribution in [1.29, 1.82) is 0 Å². The number of nitrogens with two attached hydrogens (primary N) is 1. The lowest BCUT2D eigenvalue weighted by atomic mass is 9.96. The molecule has 0 heterocycles. The highest BCUT2D eigenvalue weighted by atomic mass is 127. The fourth-order valence-electron chi connectivity index (χ4n) is 2.91. The minimum atomic E-state index is -0.463. The first kappa shape index (κ1) is 21.3. The molecule has 0 aromatic rings. The summed E-state index contributed by atoms with van der Waals surface area (Å²) >= 11 is 0. The molecule has 2 saturated carbocycles. The van der Waals surface area contributed by atoms with E-state index in [-0.39, 0.29) is 30.1 Å². The number of carbonyl (C=O) groups excluding carboxylic acids is 1. The topological polar surface area (TPSA) is 80.0 Å². The molecule has 7 heteroatoms. The summed E-state index contributed by atoms with van der Waals surface area (Å²) in [5.41, 5.74) is 5.50. The first-order chi connectivity index (χ1) is 10.8. The Balaban J connectivity index is 0.00000288. The molecule has 2 fully saturated rings. The van der Waals surface area contributed by atoms with E-state index < -0.39 is 5.60 Å². The Hall–Kier alpha value is -0.730. The van der Waals surface area contributed by atoms with Gasteiger partial charge in [-0.15, -0.1) is 24.0 Å². The summed E-state index contributed by atoms with van der Waals surface area (Å²) in [5.74, 6) is 0.497. The molecule has 0 spiro atoms. The molecule has 2 aliphatic carbocycles. The van der Waals surface area contributed by atoms with E-state index in [0.717, 1.165) is 12.8 Å². The minimum Gasteiger partial charge on any atom is -0.444 e. The maximum absolute atomic E-state index is 12.2. The van der Waals surface area contributed by atoms with Gasteiger partial charge in [0.25, 0.3) is 0 Å². The lowest BCUT2D eigenvalue weighted by Gasteiger charge is -2.27. The number of nitrogens with one attached hydrogen (secondary N) is 1. The molecule has 3 N–H and O–H groups in total. The summed E-state index contributed by atoms with van der Waals surface area (Å²) in [5, 5.41) is 3.30. The number of guanidine groups is 1. The summed E-state index contributed by atoms with van der Waals surface area (Å²) in [6, 6.07) is 0.769. The van der Waals surface area contributed by atoms with E-state index in [2.05, 4.69) is 10.3 Å². The monoisotopic (exact) mass is 452 g/mol. The van der Waals surface area contributed by atoms with E-state index in [1.54, 1.807) is 4.90 Å². The number of hydrogen-bond donors (Lipinski definition) is 2. The van der Waals surface area contributed by atoms with Crippen molar-refractivity contribution in [3.8, 4) is 0 Å². The van der Waals surface area contributed by atoms with Crippen molar-refractivity contribution in [2.24, 2.45) is 10.7 Å². The molecule has 2 aliphatic rings. The number of amides is 1. The molecule has 1 amide bonds. The Morgan fingerprint density at radius 1 is 1.21 bits per heavy atom. The highest BCUT2D eigenvalue weighted by Crippen LogP contribution is 2.28. The first-order valence-electron chi connectivity index (χ1n) is 8.91. The number of nitrogens with zero attached hydrogens (tertiary/aromatic N) is 2. The van der Waals surface area contributed by atoms with E-state index in [9.17, 15) is 4.79 Å². The van der Waals surface area contributed by atoms with Crippen molar-refractivity contribution in [1.82, 2.24) is 10.2 Å². The normalized spacial score (nSPS) is 19.4. The Morgan fingerprint density at radius 3 is 2.38 bits per heavy atom. The van der Waals surface area contributed by atoms with Crippen molar-refractivity contribution in [3.63, 3.8) is 0 Å². The molecule has 0 radical (unpaired) electrons. The highest BCUT2D eigenvalue weighted by Gasteiger charge is 2.34. The third-order valence-corrected chi connectivity index (χ3v) is 4.20. The zero-order valence-corrected chi connectivity index (χ0v) is 17.5. The van der Waals surface area contributed by atoms with Crippen LogP contribution in [0.5, 0.6) is 0 Å². The summed E-state index contributed by atoms with van der Waals surface area (Å²) in [4.78, 5) is 18.4. The Kier molecular flexibility index (Phi) is 8.59. The van der Waals surface area contributed by atoms with E-state index in [4.69, 9.17) is 10.5 Å². The number of ether oxygens (including phenoxy) is 1. The molecule has 6 nitrogen and oxygen atoms in total. The van der Waals surface area contributed by atoms with Crippen LogP contribution in [0.3, 0.4) is 0 Å². The maximum Gasteiger partial charge on any atom is 0.410 e. The molecule has 140 valence electrons. The maximum atomic E-state index is 12.2. The predicted octanol–water partition coefficient (Wildman–Crippen LogP) is 3.24. The van der Waals surface area contributed by atoms with Crippen LogP contribution in [-0.2, 0) is 4.74 Å². The van der Waals surface area contributed by atoms with Crippen molar-refractivity contribution >= 4 is 36.0 Å². The lowest BCUT2D eigenvalue weighted by Crippen LogP contribution is -2.42. The number of hydrogen-bond acceptors (Lipinski definition) is 3. The molecular weight excluding hydrogens is 419 g/mol. The number of rotatable bonds is 5. The van der Waals surface area contributed by atoms with Gasteiger partial charge in [-0.3, -0.25) is 4.99 Å². The average molecular weight is 452 g/mol. The summed E-state index contributed by atoms with van der Waals surface area (Å²) < 4.78 is 5.47. The lowest BCUT2D eigenvalue weighted by molar-refractivity contribution is 0.0240. The fraction of sp³-hybridized carbons (Fsp3) is 0.882. The van der Waals surface area contributed by atoms with Crippen LogP contribution in [0.15, 0.2) is 4.99 Å². The van der Waals surface area contributed by atoms with Crippen molar-refractivity contribution in [2.75, 3.05) is 13.1 Å². The van der Waals surface area contributed by atoms with Crippen LogP contribution >= 0.6 is 24.0 Å². The predicted molar refractivity (Wildman–Crippen MR) is 108 cm³/mol. The van der Waals surface area contributed by atoms with Crippen molar-refractivity contribution in [2.45, 2.75) is 83.4 Å². The van der Waals surface area contributed by atoms with Crippen molar-refractivity contribution < 1.29 is 9.53 Å². The molecule has 0 aromatic heterocycles. The number of aliphatic imine (C=N–C) groups is 1. The molecule has 0 aromatic carbocycles. The van der Waals surface area contributed by atoms with Crippen LogP contribution in [-0.4, -0.2) is 47.7 Å². The third-order valence-electron chi connectivity index (χ3n) is 4.20. The second-order valence-corrected chi connectivity index (χ2v) is 7.65. The SMILES string of the molecule is CC(C)(C)OC(=O)N(CCN=C(N)NC1CCCCC1)C1CC1.I. The highest BCUT2D eigenvalue weighted by molar-refractivity contribution is 14.0. The van der Waals surface area contributed by atoms with Gasteiger partial charge in [0.1, 0.15) is 5.60 Å². The average Bonchev–Trinajstić information content (AvgIpc) is 3.27. The quantitative estimate of drug-likeness (QED) is 0.381. The summed E-state index contributed by atoms with van der Waals surface area (Å²) in [7, 11) is 0. The van der Waals surface area contributed by atoms with Gasteiger partial charge in [-0.25, -0.2) is 4.79 Å². The molecule has 0 aliphatic heterocycles. The van der Waals surface area contributed by atoms with Crippen LogP contribution < -0.4 is 11.1 Å². The molecule has 0 bridgehead atoms. The van der Waals surface area contributed by atoms with Crippen LogP contribution in [0, 0.1) is 0 Å². The van der Waals surface area contributed by atoms with Gasteiger partial charge in [-0.05, 0) is 46.5 Å². The van der Waals surface area contributed by atoms with E-state index >= 15 is 0 Å². The van der Waals surface area contributed by atoms with Crippen molar-refractivity contribution in [3.05, 3.63) is 0 Å². The van der Waals surface area contributed by atoms with Gasteiger partial charge in [-0.2, -0.15) is 0 Å². The van der Waals surface area contributed by atoms with Crippen LogP contribution in [0.25, 0.3) is 0 Å². The molecule has 0 saturated heterocycles. The zero-order valence-electron chi connectivity index (χ0n) is 15.2. The number of carbonyl (C=O) groups is 1. The second-order valence-electron chi connectivity index (χ2n) is 7.65. The van der Waals surface area contributed by atoms with Gasteiger partial charge >= 0.3 is 6.09 Å². The summed E-state index contributed by atoms with van der Waals surface area (Å²) in [6.45, 7) is 6.74. The van der Waals surface area contributed by atoms with Crippen LogP contribution in [0.2, 0.25) is 0 Å². The van der Waals surface area contributed by atoms with Gasteiger partial charge in [-0.1, -0.05) is 19.3 Å². The largest absolute Gasteiger partial charge is 0.444 e. The van der Waals surface area contributed by atoms with Gasteiger partial charge in [0.2, 0.25) is 0 Å². The van der Waals surface area contributed by atoms with Gasteiger partial charge in [0.15, 0.2) is 5.96 Å². The van der Waals surface area contributed by atoms with Gasteiger partial charge in [0, 0.05) is 18.6 Å². The molecule has 24 heavy (non-hydrogen) atoms. The Morgan fingerprint density at radius 2 is 1.83 bits per heavy atom. The second kappa shape index (κ2) is 9.68. The molecule has 0 atom stereocenters. The van der Waals surface area contributed by atoms with Crippen LogP contribution in [0.4, 0.5) is 4.79 Å². The zero-order chi connectivity index (χ0) is 16.9. The Labute approximate surface area is 163 Å². The standard InChI is InChI=1S/C17H32N4O2.HI/c1-17(2,3)23-16(22)21(14-9-10-14)12-11-19-15(18)20-13-7-5-4-6-8-13;/h13-14H,4-12H2,1-3H3,(H3,18,19,20);1H. The van der Waals surface area contributed by atoms with Gasteiger partial charge < -0.3 is 20.7 Å². The first-order valence-corrected chi connectivity index (χ1v) is 8.91. The third kappa shape index (κ3) is 7.90. The minimum absolute atomic E-state index is 0.